The third kappa shape index (κ3) is 8.33. The molecule has 0 aliphatic carbocycles. The number of hydrogen-bond donors (Lipinski definition) is 3. The van der Waals surface area contributed by atoms with Crippen molar-refractivity contribution in [1.29, 1.82) is 0 Å². The van der Waals surface area contributed by atoms with Gasteiger partial charge >= 0.3 is 6.36 Å². The molecule has 0 fully saturated rings. The second-order valence-corrected chi connectivity index (χ2v) is 5.27. The monoisotopic (exact) mass is 510 g/mol. The summed E-state index contributed by atoms with van der Waals surface area (Å²) < 4.78 is 46.4. The molecule has 5 N–H and O–H groups in total. The highest BCUT2D eigenvalue weighted by atomic mass is 127. The van der Waals surface area contributed by atoms with Gasteiger partial charge in [0.2, 0.25) is 0 Å². The molecule has 11 heteroatoms. The zero-order valence-electron chi connectivity index (χ0n) is 14.4. The molecule has 0 bridgehead atoms. The minimum absolute atomic E-state index is 0. The van der Waals surface area contributed by atoms with Crippen LogP contribution in [0.15, 0.2) is 53.5 Å². The first-order valence-electron chi connectivity index (χ1n) is 7.65. The predicted molar refractivity (Wildman–Crippen MR) is 109 cm³/mol. The molecule has 2 aromatic rings. The third-order valence-electron chi connectivity index (χ3n) is 3.09. The van der Waals surface area contributed by atoms with Crippen molar-refractivity contribution < 1.29 is 27.4 Å². The number of nitrogens with two attached hydrogens (primary N) is 2. The first kappa shape index (κ1) is 23.3. The number of ether oxygens (including phenoxy) is 2. The molecule has 28 heavy (non-hydrogen) atoms. The summed E-state index contributed by atoms with van der Waals surface area (Å²) in [6.45, 7) is -0.124. The summed E-state index contributed by atoms with van der Waals surface area (Å²) in [6, 6.07) is 12.2. The number of guanidine groups is 1. The van der Waals surface area contributed by atoms with Crippen molar-refractivity contribution in [2.45, 2.75) is 12.9 Å². The fourth-order valence-corrected chi connectivity index (χ4v) is 2.03. The number of nitrogens with zero attached hydrogens (tertiary/aromatic N) is 1. The maximum Gasteiger partial charge on any atom is 0.573 e. The van der Waals surface area contributed by atoms with Gasteiger partial charge in [-0.3, -0.25) is 4.79 Å². The van der Waals surface area contributed by atoms with Crippen LogP contribution in [0.5, 0.6) is 11.5 Å². The van der Waals surface area contributed by atoms with Gasteiger partial charge in [-0.2, -0.15) is 0 Å². The topological polar surface area (TPSA) is 112 Å². The third-order valence-corrected chi connectivity index (χ3v) is 3.09. The number of hydrogen-bond acceptors (Lipinski definition) is 4. The van der Waals surface area contributed by atoms with Crippen LogP contribution in [0.2, 0.25) is 0 Å². The summed E-state index contributed by atoms with van der Waals surface area (Å²) in [4.78, 5) is 14.8. The van der Waals surface area contributed by atoms with Crippen LogP contribution in [0.3, 0.4) is 0 Å². The van der Waals surface area contributed by atoms with Crippen LogP contribution in [-0.2, 0) is 11.3 Å². The van der Waals surface area contributed by atoms with Crippen molar-refractivity contribution in [3.8, 4) is 11.5 Å². The smallest absolute Gasteiger partial charge is 0.484 e. The van der Waals surface area contributed by atoms with E-state index in [1.165, 1.54) is 18.2 Å². The summed E-state index contributed by atoms with van der Waals surface area (Å²) in [6.07, 6.45) is -4.82. The molecule has 1 amide bonds. The summed E-state index contributed by atoms with van der Waals surface area (Å²) in [5, 5.41) is 2.57. The van der Waals surface area contributed by atoms with Crippen LogP contribution in [0, 0.1) is 0 Å². The quantitative estimate of drug-likeness (QED) is 0.301. The van der Waals surface area contributed by atoms with E-state index in [1.807, 2.05) is 0 Å². The summed E-state index contributed by atoms with van der Waals surface area (Å²) in [5.74, 6) is -0.703. The second-order valence-electron chi connectivity index (χ2n) is 5.27. The van der Waals surface area contributed by atoms with Crippen LogP contribution < -0.4 is 26.3 Å². The van der Waals surface area contributed by atoms with E-state index in [0.717, 1.165) is 6.07 Å². The van der Waals surface area contributed by atoms with Gasteiger partial charge in [-0.1, -0.05) is 24.3 Å². The van der Waals surface area contributed by atoms with Gasteiger partial charge in [-0.05, 0) is 29.8 Å². The average molecular weight is 510 g/mol. The van der Waals surface area contributed by atoms with Crippen LogP contribution >= 0.6 is 24.0 Å². The molecule has 0 heterocycles. The first-order valence-corrected chi connectivity index (χ1v) is 7.65. The number of benzene rings is 2. The number of carbonyl (C=O) groups excluding carboxylic acids is 1. The molecule has 0 aromatic heterocycles. The molecule has 7 nitrogen and oxygen atoms in total. The lowest BCUT2D eigenvalue weighted by Crippen LogP contribution is -2.24. The van der Waals surface area contributed by atoms with Crippen molar-refractivity contribution >= 4 is 41.5 Å². The van der Waals surface area contributed by atoms with Crippen molar-refractivity contribution in [3.05, 3.63) is 54.1 Å². The number of carbonyl (C=O) groups is 1. The fraction of sp³-hybridized carbons (Fsp3) is 0.176. The number of nitrogens with one attached hydrogen (secondary N) is 1. The van der Waals surface area contributed by atoms with E-state index < -0.39 is 18.0 Å². The highest BCUT2D eigenvalue weighted by Crippen LogP contribution is 2.29. The van der Waals surface area contributed by atoms with Gasteiger partial charge in [-0.25, -0.2) is 4.99 Å². The average Bonchev–Trinajstić information content (AvgIpc) is 2.59. The number of alkyl halides is 3. The van der Waals surface area contributed by atoms with Gasteiger partial charge in [-0.15, -0.1) is 37.1 Å². The molecule has 0 spiro atoms. The van der Waals surface area contributed by atoms with Crippen LogP contribution in [0.4, 0.5) is 18.9 Å². The number of para-hydroxylation sites is 2. The maximum absolute atomic E-state index is 12.4. The fourth-order valence-electron chi connectivity index (χ4n) is 2.03. The molecule has 0 atom stereocenters. The second kappa shape index (κ2) is 10.6. The zero-order valence-corrected chi connectivity index (χ0v) is 16.7. The Morgan fingerprint density at radius 2 is 1.82 bits per heavy atom. The number of rotatable bonds is 7. The van der Waals surface area contributed by atoms with E-state index in [-0.39, 0.29) is 48.8 Å². The van der Waals surface area contributed by atoms with Crippen molar-refractivity contribution in [1.82, 2.24) is 0 Å². The largest absolute Gasteiger partial charge is 0.573 e. The number of anilines is 1. The molecule has 0 aliphatic heterocycles. The molecule has 0 aliphatic rings. The predicted octanol–water partition coefficient (Wildman–Crippen LogP) is 2.99. The molecule has 2 aromatic carbocycles. The molecule has 152 valence electrons. The Morgan fingerprint density at radius 3 is 2.50 bits per heavy atom. The highest BCUT2D eigenvalue weighted by molar-refractivity contribution is 14.0. The van der Waals surface area contributed by atoms with Gasteiger partial charge in [0.1, 0.15) is 5.75 Å². The highest BCUT2D eigenvalue weighted by Gasteiger charge is 2.32. The lowest BCUT2D eigenvalue weighted by atomic mass is 10.2. The van der Waals surface area contributed by atoms with Gasteiger partial charge in [0.15, 0.2) is 18.3 Å². The number of amides is 1. The van der Waals surface area contributed by atoms with Crippen LogP contribution in [0.1, 0.15) is 5.56 Å². The van der Waals surface area contributed by atoms with E-state index in [0.29, 0.717) is 11.3 Å². The minimum atomic E-state index is -4.82. The van der Waals surface area contributed by atoms with E-state index in [2.05, 4.69) is 15.0 Å². The maximum atomic E-state index is 12.4. The van der Waals surface area contributed by atoms with Gasteiger partial charge in [0.05, 0.1) is 12.2 Å². The van der Waals surface area contributed by atoms with Crippen molar-refractivity contribution in [2.75, 3.05) is 11.9 Å². The Balaban J connectivity index is 0.00000392. The Labute approximate surface area is 175 Å². The Morgan fingerprint density at radius 1 is 1.11 bits per heavy atom. The van der Waals surface area contributed by atoms with Crippen molar-refractivity contribution in [3.63, 3.8) is 0 Å². The van der Waals surface area contributed by atoms with E-state index in [1.54, 1.807) is 24.3 Å². The molecule has 0 radical (unpaired) electrons. The number of primary amides is 1. The molecule has 0 saturated heterocycles. The SMILES string of the molecule is I.NC(=O)COc1cccc(CN=C(N)Nc2ccccc2OC(F)(F)F)c1. The van der Waals surface area contributed by atoms with Crippen LogP contribution in [0.25, 0.3) is 0 Å². The summed E-state index contributed by atoms with van der Waals surface area (Å²) >= 11 is 0. The first-order chi connectivity index (χ1) is 12.7. The summed E-state index contributed by atoms with van der Waals surface area (Å²) in [5.41, 5.74) is 11.5. The normalized spacial score (nSPS) is 11.3. The molecule has 0 unspecified atom stereocenters. The lowest BCUT2D eigenvalue weighted by molar-refractivity contribution is -0.274. The lowest BCUT2D eigenvalue weighted by Gasteiger charge is -2.14. The number of halogens is 4. The van der Waals surface area contributed by atoms with Gasteiger partial charge in [0, 0.05) is 0 Å². The zero-order chi connectivity index (χ0) is 19.9. The minimum Gasteiger partial charge on any atom is -0.484 e. The van der Waals surface area contributed by atoms with Crippen molar-refractivity contribution in [2.24, 2.45) is 16.5 Å². The molecule has 0 saturated carbocycles. The Kier molecular flexibility index (Phi) is 8.82. The van der Waals surface area contributed by atoms with E-state index >= 15 is 0 Å². The molecular formula is C17H18F3IN4O3. The van der Waals surface area contributed by atoms with Crippen LogP contribution in [-0.4, -0.2) is 24.8 Å². The Hall–Kier alpha value is -2.70. The van der Waals surface area contributed by atoms with Gasteiger partial charge in [0.25, 0.3) is 5.91 Å². The standard InChI is InChI=1S/C17H17F3N4O3.HI/c18-17(19,20)27-14-7-2-1-6-13(14)24-16(22)23-9-11-4-3-5-12(8-11)26-10-15(21)25;/h1-8H,9-10H2,(H2,21,25)(H3,22,23,24);1H. The Bertz CT molecular complexity index is 831. The van der Waals surface area contributed by atoms with Gasteiger partial charge < -0.3 is 26.3 Å². The summed E-state index contributed by atoms with van der Waals surface area (Å²) in [7, 11) is 0. The number of aliphatic imine (C=N–C) groups is 1. The van der Waals surface area contributed by atoms with E-state index in [9.17, 15) is 18.0 Å². The molecule has 2 rings (SSSR count). The van der Waals surface area contributed by atoms with E-state index in [4.69, 9.17) is 16.2 Å². The molecular weight excluding hydrogens is 492 g/mol.